The molecule has 0 unspecified atom stereocenters. The highest BCUT2D eigenvalue weighted by Gasteiger charge is 2.51. The van der Waals surface area contributed by atoms with Gasteiger partial charge in [-0.25, -0.2) is 0 Å². The van der Waals surface area contributed by atoms with Gasteiger partial charge in [0.15, 0.2) is 0 Å². The van der Waals surface area contributed by atoms with Gasteiger partial charge in [-0.15, -0.1) is 0 Å². The smallest absolute Gasteiger partial charge is 0.399 e. The van der Waals surface area contributed by atoms with Crippen LogP contribution < -0.4 is 5.46 Å². The number of aryl methyl sites for hydroxylation is 1. The Kier molecular flexibility index (Phi) is 5.37. The van der Waals surface area contributed by atoms with E-state index in [1.165, 1.54) is 5.56 Å². The number of ketones is 1. The summed E-state index contributed by atoms with van der Waals surface area (Å²) in [6.45, 7) is 12.4. The SMILES string of the molecule is CC(C)CC(=O)CCc1ccc(B2OC(C)(C)C(C)(C)O2)cc1. The molecule has 0 aromatic heterocycles. The van der Waals surface area contributed by atoms with Gasteiger partial charge in [0.05, 0.1) is 11.2 Å². The Bertz CT molecular complexity index is 530. The number of carbonyl (C=O) groups excluding carboxylic acids is 1. The molecule has 4 heteroatoms. The molecular formula is C19H29BO3. The van der Waals surface area contributed by atoms with Crippen LogP contribution in [0.1, 0.15) is 59.9 Å². The van der Waals surface area contributed by atoms with Crippen LogP contribution in [0.5, 0.6) is 0 Å². The third-order valence-corrected chi connectivity index (χ3v) is 4.83. The Morgan fingerprint density at radius 2 is 1.57 bits per heavy atom. The summed E-state index contributed by atoms with van der Waals surface area (Å²) >= 11 is 0. The van der Waals surface area contributed by atoms with Gasteiger partial charge in [0.2, 0.25) is 0 Å². The van der Waals surface area contributed by atoms with Gasteiger partial charge in [-0.2, -0.15) is 0 Å². The van der Waals surface area contributed by atoms with Gasteiger partial charge < -0.3 is 9.31 Å². The fourth-order valence-electron chi connectivity index (χ4n) is 2.66. The van der Waals surface area contributed by atoms with Gasteiger partial charge in [-0.05, 0) is 51.1 Å². The second kappa shape index (κ2) is 6.78. The van der Waals surface area contributed by atoms with E-state index in [1.807, 2.05) is 12.1 Å². The largest absolute Gasteiger partial charge is 0.494 e. The molecule has 2 rings (SSSR count). The molecule has 0 saturated carbocycles. The Labute approximate surface area is 140 Å². The quantitative estimate of drug-likeness (QED) is 0.753. The van der Waals surface area contributed by atoms with E-state index >= 15 is 0 Å². The van der Waals surface area contributed by atoms with Crippen molar-refractivity contribution in [1.29, 1.82) is 0 Å². The Balaban J connectivity index is 1.94. The van der Waals surface area contributed by atoms with Crippen molar-refractivity contribution in [3.63, 3.8) is 0 Å². The normalized spacial score (nSPS) is 19.3. The van der Waals surface area contributed by atoms with E-state index in [9.17, 15) is 4.79 Å². The van der Waals surface area contributed by atoms with Gasteiger partial charge in [0.1, 0.15) is 5.78 Å². The Hall–Kier alpha value is -1.13. The molecule has 0 bridgehead atoms. The minimum Gasteiger partial charge on any atom is -0.399 e. The molecule has 1 fully saturated rings. The third kappa shape index (κ3) is 4.45. The molecule has 0 N–H and O–H groups in total. The van der Waals surface area contributed by atoms with E-state index < -0.39 is 0 Å². The van der Waals surface area contributed by atoms with Crippen molar-refractivity contribution < 1.29 is 14.1 Å². The first-order chi connectivity index (χ1) is 10.6. The summed E-state index contributed by atoms with van der Waals surface area (Å²) in [7, 11) is -0.323. The molecule has 1 saturated heterocycles. The molecule has 1 heterocycles. The molecule has 0 radical (unpaired) electrons. The lowest BCUT2D eigenvalue weighted by Gasteiger charge is -2.32. The predicted octanol–water partition coefficient (Wildman–Crippen LogP) is 3.53. The maximum Gasteiger partial charge on any atom is 0.494 e. The Morgan fingerprint density at radius 1 is 1.04 bits per heavy atom. The van der Waals surface area contributed by atoms with Gasteiger partial charge in [-0.3, -0.25) is 4.79 Å². The number of Topliss-reactive ketones (excluding diaryl/α,β-unsaturated/α-hetero) is 1. The number of carbonyl (C=O) groups is 1. The molecule has 3 nitrogen and oxygen atoms in total. The summed E-state index contributed by atoms with van der Waals surface area (Å²) in [4.78, 5) is 11.8. The monoisotopic (exact) mass is 316 g/mol. The van der Waals surface area contributed by atoms with Crippen molar-refractivity contribution >= 4 is 18.4 Å². The van der Waals surface area contributed by atoms with Gasteiger partial charge in [-0.1, -0.05) is 38.1 Å². The second-order valence-electron chi connectivity index (χ2n) is 7.97. The lowest BCUT2D eigenvalue weighted by Crippen LogP contribution is -2.41. The first-order valence-corrected chi connectivity index (χ1v) is 8.57. The predicted molar refractivity (Wildman–Crippen MR) is 94.9 cm³/mol. The maximum absolute atomic E-state index is 11.8. The molecule has 1 aromatic rings. The average Bonchev–Trinajstić information content (AvgIpc) is 2.65. The first-order valence-electron chi connectivity index (χ1n) is 8.57. The molecule has 23 heavy (non-hydrogen) atoms. The average molecular weight is 316 g/mol. The van der Waals surface area contributed by atoms with Crippen molar-refractivity contribution in [2.75, 3.05) is 0 Å². The number of hydrogen-bond acceptors (Lipinski definition) is 3. The number of hydrogen-bond donors (Lipinski definition) is 0. The van der Waals surface area contributed by atoms with E-state index in [-0.39, 0.29) is 18.3 Å². The summed E-state index contributed by atoms with van der Waals surface area (Å²) < 4.78 is 12.1. The molecule has 0 amide bonds. The summed E-state index contributed by atoms with van der Waals surface area (Å²) in [5, 5.41) is 0. The van der Waals surface area contributed by atoms with Crippen molar-refractivity contribution in [3.05, 3.63) is 29.8 Å². The zero-order chi connectivity index (χ0) is 17.3. The van der Waals surface area contributed by atoms with Crippen molar-refractivity contribution in [3.8, 4) is 0 Å². The first kappa shape index (κ1) is 18.2. The fraction of sp³-hybridized carbons (Fsp3) is 0.632. The van der Waals surface area contributed by atoms with Crippen molar-refractivity contribution in [1.82, 2.24) is 0 Å². The van der Waals surface area contributed by atoms with Crippen molar-refractivity contribution in [2.45, 2.75) is 72.0 Å². The lowest BCUT2D eigenvalue weighted by molar-refractivity contribution is -0.119. The van der Waals surface area contributed by atoms with Crippen LogP contribution in [-0.4, -0.2) is 24.1 Å². The summed E-state index contributed by atoms with van der Waals surface area (Å²) in [5.41, 5.74) is 1.57. The lowest BCUT2D eigenvalue weighted by atomic mass is 9.78. The van der Waals surface area contributed by atoms with E-state index in [2.05, 4.69) is 53.7 Å². The fourth-order valence-corrected chi connectivity index (χ4v) is 2.66. The van der Waals surface area contributed by atoms with Crippen LogP contribution in [-0.2, 0) is 20.5 Å². The molecule has 0 spiro atoms. The maximum atomic E-state index is 11.8. The highest BCUT2D eigenvalue weighted by molar-refractivity contribution is 6.62. The van der Waals surface area contributed by atoms with Crippen LogP contribution in [0, 0.1) is 5.92 Å². The molecule has 1 aliphatic rings. The van der Waals surface area contributed by atoms with Crippen LogP contribution in [0.15, 0.2) is 24.3 Å². The number of rotatable bonds is 6. The van der Waals surface area contributed by atoms with Gasteiger partial charge in [0.25, 0.3) is 0 Å². The minimum absolute atomic E-state index is 0.320. The van der Waals surface area contributed by atoms with Crippen LogP contribution in [0.3, 0.4) is 0 Å². The highest BCUT2D eigenvalue weighted by Crippen LogP contribution is 2.36. The summed E-state index contributed by atoms with van der Waals surface area (Å²) in [6, 6.07) is 8.24. The van der Waals surface area contributed by atoms with Crippen LogP contribution in [0.25, 0.3) is 0 Å². The molecular weight excluding hydrogens is 287 g/mol. The molecule has 0 aliphatic carbocycles. The Morgan fingerprint density at radius 3 is 2.04 bits per heavy atom. The van der Waals surface area contributed by atoms with Crippen molar-refractivity contribution in [2.24, 2.45) is 5.92 Å². The topological polar surface area (TPSA) is 35.5 Å². The second-order valence-corrected chi connectivity index (χ2v) is 7.97. The van der Waals surface area contributed by atoms with E-state index in [0.29, 0.717) is 24.5 Å². The molecule has 126 valence electrons. The van der Waals surface area contributed by atoms with Gasteiger partial charge in [0, 0.05) is 12.8 Å². The van der Waals surface area contributed by atoms with Gasteiger partial charge >= 0.3 is 7.12 Å². The van der Waals surface area contributed by atoms with E-state index in [4.69, 9.17) is 9.31 Å². The number of benzene rings is 1. The summed E-state index contributed by atoms with van der Waals surface area (Å²) in [5.74, 6) is 0.781. The third-order valence-electron chi connectivity index (χ3n) is 4.83. The molecule has 1 aromatic carbocycles. The van der Waals surface area contributed by atoms with Crippen LogP contribution in [0.4, 0.5) is 0 Å². The summed E-state index contributed by atoms with van der Waals surface area (Å²) in [6.07, 6.45) is 2.09. The highest BCUT2D eigenvalue weighted by atomic mass is 16.7. The van der Waals surface area contributed by atoms with Crippen LogP contribution in [0.2, 0.25) is 0 Å². The van der Waals surface area contributed by atoms with Crippen LogP contribution >= 0.6 is 0 Å². The zero-order valence-electron chi connectivity index (χ0n) is 15.3. The molecule has 0 atom stereocenters. The standard InChI is InChI=1S/C19H29BO3/c1-14(2)13-17(21)12-9-15-7-10-16(11-8-15)20-22-18(3,4)19(5,6)23-20/h7-8,10-11,14H,9,12-13H2,1-6H3. The van der Waals surface area contributed by atoms with E-state index in [0.717, 1.165) is 11.9 Å². The minimum atomic E-state index is -0.323. The van der Waals surface area contributed by atoms with E-state index in [1.54, 1.807) is 0 Å². The molecule has 1 aliphatic heterocycles. The zero-order valence-corrected chi connectivity index (χ0v) is 15.3.